The summed E-state index contributed by atoms with van der Waals surface area (Å²) in [5.41, 5.74) is -1.55. The smallest absolute Gasteiger partial charge is 0.417 e. The summed E-state index contributed by atoms with van der Waals surface area (Å²) >= 11 is 0. The van der Waals surface area contributed by atoms with E-state index < -0.39 is 23.3 Å². The Morgan fingerprint density at radius 2 is 1.74 bits per heavy atom. The number of rotatable bonds is 7. The zero-order chi connectivity index (χ0) is 27.6. The first kappa shape index (κ1) is 27.7. The van der Waals surface area contributed by atoms with Crippen LogP contribution in [0.25, 0.3) is 11.3 Å². The molecule has 1 atom stereocenters. The quantitative estimate of drug-likeness (QED) is 0.463. The normalized spacial score (nSPS) is 22.9. The van der Waals surface area contributed by atoms with E-state index >= 15 is 0 Å². The van der Waals surface area contributed by atoms with Crippen LogP contribution in [0.5, 0.6) is 0 Å². The van der Waals surface area contributed by atoms with Gasteiger partial charge in [0, 0.05) is 25.2 Å². The summed E-state index contributed by atoms with van der Waals surface area (Å²) in [6.07, 6.45) is 3.99. The Hall–Kier alpha value is -2.81. The number of furan rings is 1. The molecule has 2 aliphatic heterocycles. The van der Waals surface area contributed by atoms with Gasteiger partial charge in [-0.05, 0) is 49.8 Å². The van der Waals surface area contributed by atoms with Crippen molar-refractivity contribution in [1.29, 1.82) is 0 Å². The number of amides is 2. The number of hydrogen-bond acceptors (Lipinski definition) is 4. The minimum Gasteiger partial charge on any atom is -0.460 e. The number of halogens is 3. The number of benzene rings is 1. The third-order valence-electron chi connectivity index (χ3n) is 8.77. The second-order valence-corrected chi connectivity index (χ2v) is 11.4. The molecule has 1 spiro atoms. The van der Waals surface area contributed by atoms with Gasteiger partial charge in [0.15, 0.2) is 0 Å². The van der Waals surface area contributed by atoms with Crippen molar-refractivity contribution >= 4 is 11.8 Å². The standard InChI is InChI=1S/C30H38F3N3O3/c1-2-16-36-27(37)25(19-21-8-4-3-5-9-21)34-28(38)29(36)14-17-35(18-15-29)20-22-12-13-26(39-22)23-10-6-7-11-24(23)30(31,32)33/h6-7,10-13,21,25H,2-5,8-9,14-20H2,1H3,(H,34,38). The summed E-state index contributed by atoms with van der Waals surface area (Å²) in [6.45, 7) is 4.20. The van der Waals surface area contributed by atoms with Crippen molar-refractivity contribution in [2.45, 2.75) is 89.0 Å². The first-order chi connectivity index (χ1) is 18.7. The summed E-state index contributed by atoms with van der Waals surface area (Å²) < 4.78 is 46.2. The van der Waals surface area contributed by atoms with Crippen molar-refractivity contribution < 1.29 is 27.2 Å². The van der Waals surface area contributed by atoms with E-state index in [1.54, 1.807) is 18.2 Å². The molecule has 2 aromatic rings. The van der Waals surface area contributed by atoms with Gasteiger partial charge >= 0.3 is 6.18 Å². The lowest BCUT2D eigenvalue weighted by Crippen LogP contribution is -2.73. The number of nitrogens with zero attached hydrogens (tertiary/aromatic N) is 2. The van der Waals surface area contributed by atoms with Crippen LogP contribution in [0.2, 0.25) is 0 Å². The molecule has 1 unspecified atom stereocenters. The molecule has 1 aromatic carbocycles. The Balaban J connectivity index is 1.24. The third-order valence-corrected chi connectivity index (χ3v) is 8.77. The number of likely N-dealkylation sites (tertiary alicyclic amines) is 1. The van der Waals surface area contributed by atoms with E-state index in [4.69, 9.17) is 4.42 Å². The van der Waals surface area contributed by atoms with Gasteiger partial charge in [0.2, 0.25) is 11.8 Å². The van der Waals surface area contributed by atoms with E-state index in [1.165, 1.54) is 31.4 Å². The molecule has 9 heteroatoms. The third kappa shape index (κ3) is 5.74. The monoisotopic (exact) mass is 545 g/mol. The molecule has 0 radical (unpaired) electrons. The first-order valence-corrected chi connectivity index (χ1v) is 14.3. The Morgan fingerprint density at radius 3 is 2.44 bits per heavy atom. The zero-order valence-electron chi connectivity index (χ0n) is 22.6. The number of piperazine rings is 1. The summed E-state index contributed by atoms with van der Waals surface area (Å²) in [5, 5.41) is 3.11. The van der Waals surface area contributed by atoms with Gasteiger partial charge in [0.25, 0.3) is 0 Å². The lowest BCUT2D eigenvalue weighted by Gasteiger charge is -2.52. The van der Waals surface area contributed by atoms with Gasteiger partial charge in [-0.2, -0.15) is 13.2 Å². The lowest BCUT2D eigenvalue weighted by molar-refractivity contribution is -0.162. The number of alkyl halides is 3. The molecule has 1 saturated carbocycles. The fourth-order valence-electron chi connectivity index (χ4n) is 6.69. The maximum absolute atomic E-state index is 13.6. The lowest BCUT2D eigenvalue weighted by atomic mass is 9.79. The number of piperidine rings is 1. The summed E-state index contributed by atoms with van der Waals surface area (Å²) in [7, 11) is 0. The summed E-state index contributed by atoms with van der Waals surface area (Å²) in [5.74, 6) is 1.25. The van der Waals surface area contributed by atoms with E-state index in [0.717, 1.165) is 31.7 Å². The fraction of sp³-hybridized carbons (Fsp3) is 0.600. The van der Waals surface area contributed by atoms with Crippen LogP contribution < -0.4 is 5.32 Å². The average Bonchev–Trinajstić information content (AvgIpc) is 3.39. The van der Waals surface area contributed by atoms with Gasteiger partial charge in [-0.15, -0.1) is 0 Å². The molecule has 3 aliphatic rings. The van der Waals surface area contributed by atoms with Gasteiger partial charge in [-0.1, -0.05) is 57.2 Å². The highest BCUT2D eigenvalue weighted by Gasteiger charge is 2.53. The Labute approximate surface area is 227 Å². The molecular weight excluding hydrogens is 507 g/mol. The van der Waals surface area contributed by atoms with E-state index in [2.05, 4.69) is 10.2 Å². The van der Waals surface area contributed by atoms with Crippen LogP contribution in [0, 0.1) is 5.92 Å². The van der Waals surface area contributed by atoms with Crippen LogP contribution in [0.1, 0.15) is 76.0 Å². The second kappa shape index (κ2) is 11.4. The maximum atomic E-state index is 13.6. The minimum absolute atomic E-state index is 0.0178. The van der Waals surface area contributed by atoms with Crippen molar-refractivity contribution in [3.63, 3.8) is 0 Å². The van der Waals surface area contributed by atoms with E-state index in [1.807, 2.05) is 11.8 Å². The molecule has 212 valence electrons. The van der Waals surface area contributed by atoms with Gasteiger partial charge in [0.05, 0.1) is 12.1 Å². The van der Waals surface area contributed by atoms with Crippen LogP contribution in [0.4, 0.5) is 13.2 Å². The number of hydrogen-bond donors (Lipinski definition) is 1. The highest BCUT2D eigenvalue weighted by Crippen LogP contribution is 2.39. The number of carbonyl (C=O) groups excluding carboxylic acids is 2. The molecule has 0 bridgehead atoms. The van der Waals surface area contributed by atoms with Crippen molar-refractivity contribution in [3.05, 3.63) is 47.7 Å². The van der Waals surface area contributed by atoms with E-state index in [0.29, 0.717) is 50.7 Å². The Bertz CT molecular complexity index is 1160. The highest BCUT2D eigenvalue weighted by molar-refractivity contribution is 6.00. The Kier molecular flexibility index (Phi) is 8.08. The molecule has 3 heterocycles. The van der Waals surface area contributed by atoms with Crippen LogP contribution >= 0.6 is 0 Å². The zero-order valence-corrected chi connectivity index (χ0v) is 22.6. The second-order valence-electron chi connectivity index (χ2n) is 11.4. The van der Waals surface area contributed by atoms with Gasteiger partial charge < -0.3 is 14.6 Å². The molecule has 1 aliphatic carbocycles. The van der Waals surface area contributed by atoms with E-state index in [9.17, 15) is 22.8 Å². The van der Waals surface area contributed by atoms with Crippen molar-refractivity contribution in [2.24, 2.45) is 5.92 Å². The predicted octanol–water partition coefficient (Wildman–Crippen LogP) is 6.01. The van der Waals surface area contributed by atoms with E-state index in [-0.39, 0.29) is 23.1 Å². The average molecular weight is 546 g/mol. The number of nitrogens with one attached hydrogen (secondary N) is 1. The van der Waals surface area contributed by atoms with Gasteiger partial charge in [-0.25, -0.2) is 0 Å². The first-order valence-electron chi connectivity index (χ1n) is 14.3. The van der Waals surface area contributed by atoms with Crippen LogP contribution in [0.15, 0.2) is 40.8 Å². The summed E-state index contributed by atoms with van der Waals surface area (Å²) in [6, 6.07) is 8.26. The van der Waals surface area contributed by atoms with Crippen LogP contribution in [-0.2, 0) is 22.3 Å². The largest absolute Gasteiger partial charge is 0.460 e. The van der Waals surface area contributed by atoms with Crippen molar-refractivity contribution in [3.8, 4) is 11.3 Å². The number of carbonyl (C=O) groups is 2. The summed E-state index contributed by atoms with van der Waals surface area (Å²) in [4.78, 5) is 31.2. The van der Waals surface area contributed by atoms with Gasteiger partial charge in [0.1, 0.15) is 23.1 Å². The topological polar surface area (TPSA) is 65.8 Å². The molecule has 6 nitrogen and oxygen atoms in total. The highest BCUT2D eigenvalue weighted by atomic mass is 19.4. The fourth-order valence-corrected chi connectivity index (χ4v) is 6.69. The molecular formula is C30H38F3N3O3. The molecule has 3 fully saturated rings. The minimum atomic E-state index is -4.47. The molecule has 1 N–H and O–H groups in total. The Morgan fingerprint density at radius 1 is 1.03 bits per heavy atom. The molecule has 2 saturated heterocycles. The molecule has 2 amide bonds. The molecule has 39 heavy (non-hydrogen) atoms. The van der Waals surface area contributed by atoms with Gasteiger partial charge in [-0.3, -0.25) is 14.5 Å². The predicted molar refractivity (Wildman–Crippen MR) is 142 cm³/mol. The maximum Gasteiger partial charge on any atom is 0.417 e. The van der Waals surface area contributed by atoms with Crippen molar-refractivity contribution in [2.75, 3.05) is 19.6 Å². The van der Waals surface area contributed by atoms with Crippen LogP contribution in [0.3, 0.4) is 0 Å². The van der Waals surface area contributed by atoms with Crippen LogP contribution in [-0.4, -0.2) is 52.8 Å². The SMILES string of the molecule is CCCN1C(=O)C(CC2CCCCC2)NC(=O)C12CCN(Cc1ccc(-c3ccccc3C(F)(F)F)o1)CC2. The van der Waals surface area contributed by atoms with Crippen molar-refractivity contribution in [1.82, 2.24) is 15.1 Å². The molecule has 1 aromatic heterocycles. The molecule has 5 rings (SSSR count).